The standard InChI is InChI=1S/C34H47N7O4/c1-37-18-20-38(21-19-37)29-11-15-39(16-12-29)34(14-23-42)24-30(40-17-10-27-4-2-3-5-31(27)36-32(40)43)13-22-41(34,33(44)45)25-26-6-8-28(35)9-7-26/h2-9,23,29-30H,10-22,24-25,35H2,1H3,(H-,36,43,44,45)/t30?,34?,41-/m0/s1. The van der Waals surface area contributed by atoms with Gasteiger partial charge in [0.15, 0.2) is 5.66 Å². The van der Waals surface area contributed by atoms with Gasteiger partial charge in [-0.25, -0.2) is 4.79 Å². The van der Waals surface area contributed by atoms with Gasteiger partial charge in [-0.1, -0.05) is 30.3 Å². The molecule has 2 unspecified atom stereocenters. The average molecular weight is 618 g/mol. The number of nitrogens with zero attached hydrogens (tertiary/aromatic N) is 5. The predicted octanol–water partition coefficient (Wildman–Crippen LogP) is 2.18. The maximum absolute atomic E-state index is 13.7. The summed E-state index contributed by atoms with van der Waals surface area (Å²) >= 11 is 0. The summed E-state index contributed by atoms with van der Waals surface area (Å²) in [4.78, 5) is 48.9. The Morgan fingerprint density at radius 1 is 1.00 bits per heavy atom. The van der Waals surface area contributed by atoms with Crippen molar-refractivity contribution in [3.05, 3.63) is 59.7 Å². The molecule has 242 valence electrons. The number of likely N-dealkylation sites (N-methyl/N-ethyl adjacent to an activating group) is 1. The first-order chi connectivity index (χ1) is 21.7. The predicted molar refractivity (Wildman–Crippen MR) is 171 cm³/mol. The number of amides is 3. The van der Waals surface area contributed by atoms with Crippen molar-refractivity contribution >= 4 is 29.8 Å². The van der Waals surface area contributed by atoms with E-state index in [1.165, 1.54) is 0 Å². The van der Waals surface area contributed by atoms with E-state index in [0.717, 1.165) is 62.1 Å². The highest BCUT2D eigenvalue weighted by atomic mass is 16.4. The molecular weight excluding hydrogens is 570 g/mol. The lowest BCUT2D eigenvalue weighted by Gasteiger charge is -2.62. The number of carbonyl (C=O) groups is 3. The Balaban J connectivity index is 1.33. The molecule has 4 aliphatic rings. The zero-order valence-electron chi connectivity index (χ0n) is 26.4. The van der Waals surface area contributed by atoms with E-state index >= 15 is 0 Å². The smallest absolute Gasteiger partial charge is 0.322 e. The molecule has 3 atom stereocenters. The van der Waals surface area contributed by atoms with Crippen LogP contribution in [0, 0.1) is 0 Å². The molecule has 0 aliphatic carbocycles. The molecule has 0 bridgehead atoms. The molecule has 3 saturated heterocycles. The summed E-state index contributed by atoms with van der Waals surface area (Å²) in [5, 5.41) is 16.7. The number of carbonyl (C=O) groups excluding carboxylic acids is 3. The number of aldehydes is 1. The lowest BCUT2D eigenvalue weighted by Crippen LogP contribution is -2.80. The topological polar surface area (TPSA) is 125 Å². The van der Waals surface area contributed by atoms with Gasteiger partial charge in [0.1, 0.15) is 12.8 Å². The quantitative estimate of drug-likeness (QED) is 0.275. The van der Waals surface area contributed by atoms with Gasteiger partial charge in [0.25, 0.3) is 6.09 Å². The van der Waals surface area contributed by atoms with Crippen molar-refractivity contribution in [3.8, 4) is 0 Å². The number of anilines is 2. The fourth-order valence-electron chi connectivity index (χ4n) is 8.48. The second-order valence-corrected chi connectivity index (χ2v) is 13.4. The number of hydrogen-bond acceptors (Lipinski definition) is 8. The van der Waals surface area contributed by atoms with Crippen LogP contribution < -0.4 is 16.2 Å². The molecule has 2 aromatic carbocycles. The second-order valence-electron chi connectivity index (χ2n) is 13.4. The average Bonchev–Trinajstić information content (AvgIpc) is 3.21. The first kappa shape index (κ1) is 31.5. The minimum absolute atomic E-state index is 0.0430. The van der Waals surface area contributed by atoms with Crippen molar-refractivity contribution < 1.29 is 24.0 Å². The largest absolute Gasteiger partial charge is 0.498 e. The van der Waals surface area contributed by atoms with E-state index in [1.54, 1.807) is 12.1 Å². The summed E-state index contributed by atoms with van der Waals surface area (Å²) in [6, 6.07) is 15.2. The Bertz CT molecular complexity index is 1370. The number of hydrogen-bond donors (Lipinski definition) is 2. The van der Waals surface area contributed by atoms with Crippen LogP contribution in [-0.4, -0.2) is 120 Å². The van der Waals surface area contributed by atoms with Crippen LogP contribution in [0.4, 0.5) is 21.0 Å². The number of piperidine rings is 2. The summed E-state index contributed by atoms with van der Waals surface area (Å²) in [6.45, 7) is 6.49. The van der Waals surface area contributed by atoms with Crippen molar-refractivity contribution in [2.24, 2.45) is 0 Å². The molecule has 0 saturated carbocycles. The summed E-state index contributed by atoms with van der Waals surface area (Å²) in [5.41, 5.74) is 8.23. The molecule has 6 rings (SSSR count). The van der Waals surface area contributed by atoms with Gasteiger partial charge in [-0.3, -0.25) is 14.3 Å². The zero-order chi connectivity index (χ0) is 31.6. The number of rotatable bonds is 7. The van der Waals surface area contributed by atoms with Crippen LogP contribution in [0.25, 0.3) is 0 Å². The Morgan fingerprint density at radius 3 is 2.40 bits per heavy atom. The van der Waals surface area contributed by atoms with Crippen molar-refractivity contribution in [2.45, 2.75) is 62.8 Å². The number of para-hydroxylation sites is 1. The van der Waals surface area contributed by atoms with E-state index in [1.807, 2.05) is 41.3 Å². The molecule has 3 amide bonds. The van der Waals surface area contributed by atoms with Crippen LogP contribution in [-0.2, 0) is 17.8 Å². The minimum atomic E-state index is -1.18. The van der Waals surface area contributed by atoms with Crippen LogP contribution in [0.2, 0.25) is 0 Å². The number of fused-ring (bicyclic) bond motifs is 1. The van der Waals surface area contributed by atoms with Gasteiger partial charge < -0.3 is 35.5 Å². The van der Waals surface area contributed by atoms with Crippen LogP contribution in [0.1, 0.15) is 43.2 Å². The van der Waals surface area contributed by atoms with Gasteiger partial charge >= 0.3 is 6.03 Å². The van der Waals surface area contributed by atoms with E-state index in [0.29, 0.717) is 50.6 Å². The monoisotopic (exact) mass is 617 g/mol. The third kappa shape index (κ3) is 6.06. The van der Waals surface area contributed by atoms with E-state index in [9.17, 15) is 19.5 Å². The maximum Gasteiger partial charge on any atom is 0.322 e. The Kier molecular flexibility index (Phi) is 9.15. The fraction of sp³-hybridized carbons (Fsp3) is 0.559. The molecule has 2 aromatic rings. The highest BCUT2D eigenvalue weighted by Crippen LogP contribution is 2.45. The number of carboxylic acid groups (broad SMARTS) is 1. The minimum Gasteiger partial charge on any atom is -0.498 e. The first-order valence-corrected chi connectivity index (χ1v) is 16.4. The molecule has 11 heteroatoms. The Hall–Kier alpha value is -3.51. The third-order valence-corrected chi connectivity index (χ3v) is 11.1. The zero-order valence-corrected chi connectivity index (χ0v) is 26.4. The number of nitrogens with two attached hydrogens (primary N) is 1. The van der Waals surface area contributed by atoms with Crippen LogP contribution >= 0.6 is 0 Å². The van der Waals surface area contributed by atoms with Gasteiger partial charge in [0.05, 0.1) is 13.0 Å². The molecule has 0 aromatic heterocycles. The van der Waals surface area contributed by atoms with Crippen molar-refractivity contribution in [2.75, 3.05) is 70.5 Å². The number of urea groups is 1. The van der Waals surface area contributed by atoms with Crippen LogP contribution in [0.5, 0.6) is 0 Å². The highest BCUT2D eigenvalue weighted by molar-refractivity contribution is 5.91. The highest BCUT2D eigenvalue weighted by Gasteiger charge is 2.61. The molecule has 4 aliphatic heterocycles. The summed E-state index contributed by atoms with van der Waals surface area (Å²) in [5.74, 6) is 0. The Labute approximate surface area is 266 Å². The van der Waals surface area contributed by atoms with E-state index in [-0.39, 0.29) is 36.1 Å². The van der Waals surface area contributed by atoms with Gasteiger partial charge in [-0.05, 0) is 50.1 Å². The summed E-state index contributed by atoms with van der Waals surface area (Å²) in [7, 11) is 2.16. The molecule has 11 nitrogen and oxygen atoms in total. The third-order valence-electron chi connectivity index (χ3n) is 11.1. The number of quaternary nitrogens is 1. The lowest BCUT2D eigenvalue weighted by molar-refractivity contribution is -0.956. The SMILES string of the molecule is CN1CCN(C2CCN(C3(CC=O)CC(N4CCc5ccccc5NC4=O)CC[N@+]3(Cc3ccc(N)cc3)C(=O)[O-])CC2)CC1. The van der Waals surface area contributed by atoms with Crippen LogP contribution in [0.15, 0.2) is 48.5 Å². The molecule has 3 fully saturated rings. The number of benzene rings is 2. The molecule has 3 N–H and O–H groups in total. The lowest BCUT2D eigenvalue weighted by atomic mass is 9.81. The maximum atomic E-state index is 13.7. The molecule has 0 spiro atoms. The Morgan fingerprint density at radius 2 is 1.71 bits per heavy atom. The van der Waals surface area contributed by atoms with Gasteiger partial charge in [-0.2, -0.15) is 0 Å². The molecular formula is C34H47N7O4. The van der Waals surface area contributed by atoms with Crippen LogP contribution in [0.3, 0.4) is 0 Å². The van der Waals surface area contributed by atoms with Crippen molar-refractivity contribution in [3.63, 3.8) is 0 Å². The normalized spacial score (nSPS) is 29.0. The van der Waals surface area contributed by atoms with Crippen molar-refractivity contribution in [1.82, 2.24) is 19.6 Å². The molecule has 4 heterocycles. The molecule has 45 heavy (non-hydrogen) atoms. The first-order valence-electron chi connectivity index (χ1n) is 16.4. The second kappa shape index (κ2) is 13.1. The fourth-order valence-corrected chi connectivity index (χ4v) is 8.48. The summed E-state index contributed by atoms with van der Waals surface area (Å²) < 4.78 is -0.374. The van der Waals surface area contributed by atoms with E-state index in [2.05, 4.69) is 27.1 Å². The van der Waals surface area contributed by atoms with E-state index < -0.39 is 11.8 Å². The number of nitrogens with one attached hydrogen (secondary N) is 1. The van der Waals surface area contributed by atoms with Gasteiger partial charge in [0, 0.05) is 87.7 Å². The van der Waals surface area contributed by atoms with E-state index in [4.69, 9.17) is 5.73 Å². The van der Waals surface area contributed by atoms with Crippen molar-refractivity contribution in [1.29, 1.82) is 0 Å². The van der Waals surface area contributed by atoms with Gasteiger partial charge in [0.2, 0.25) is 0 Å². The summed E-state index contributed by atoms with van der Waals surface area (Å²) in [6.07, 6.45) is 3.12. The molecule has 0 radical (unpaired) electrons. The number of likely N-dealkylation sites (tertiary alicyclic amines) is 2. The van der Waals surface area contributed by atoms with Gasteiger partial charge in [-0.15, -0.1) is 0 Å². The number of piperazine rings is 1. The number of nitrogen functional groups attached to an aromatic ring is 1.